The first-order valence-electron chi connectivity index (χ1n) is 10.9. The molecule has 1 aliphatic heterocycles. The minimum Gasteiger partial charge on any atom is -0.379 e. The van der Waals surface area contributed by atoms with Crippen molar-refractivity contribution in [3.8, 4) is 11.1 Å². The summed E-state index contributed by atoms with van der Waals surface area (Å²) < 4.78 is 7.72. The summed E-state index contributed by atoms with van der Waals surface area (Å²) in [4.78, 5) is 7.14. The summed E-state index contributed by atoms with van der Waals surface area (Å²) in [6.45, 7) is 3.51. The summed E-state index contributed by atoms with van der Waals surface area (Å²) in [5, 5.41) is 5.01. The molecule has 2 aromatic heterocycles. The minimum atomic E-state index is 0.388. The average Bonchev–Trinajstić information content (AvgIpc) is 3.44. The fourth-order valence-electron chi connectivity index (χ4n) is 4.75. The Morgan fingerprint density at radius 3 is 2.61 bits per heavy atom. The van der Waals surface area contributed by atoms with Crippen molar-refractivity contribution in [3.05, 3.63) is 46.2 Å². The number of aromatic nitrogens is 2. The Balaban J connectivity index is 1.71. The van der Waals surface area contributed by atoms with Gasteiger partial charge in [-0.15, -0.1) is 0 Å². The lowest BCUT2D eigenvalue weighted by atomic mass is 9.99. The lowest BCUT2D eigenvalue weighted by molar-refractivity contribution is 0.122. The number of imidazole rings is 1. The van der Waals surface area contributed by atoms with Gasteiger partial charge in [0, 0.05) is 58.6 Å². The van der Waals surface area contributed by atoms with Crippen LogP contribution in [0, 0.1) is 0 Å². The molecule has 0 amide bonds. The van der Waals surface area contributed by atoms with E-state index in [1.54, 1.807) is 6.07 Å². The van der Waals surface area contributed by atoms with Gasteiger partial charge in [-0.1, -0.05) is 42.1 Å². The van der Waals surface area contributed by atoms with Crippen LogP contribution >= 0.6 is 23.2 Å². The lowest BCUT2D eigenvalue weighted by Gasteiger charge is -2.28. The Morgan fingerprint density at radius 2 is 1.90 bits per heavy atom. The molecule has 8 heteroatoms. The van der Waals surface area contributed by atoms with E-state index in [-0.39, 0.29) is 0 Å². The van der Waals surface area contributed by atoms with E-state index >= 15 is 0 Å². The summed E-state index contributed by atoms with van der Waals surface area (Å²) >= 11 is 12.8. The van der Waals surface area contributed by atoms with Gasteiger partial charge < -0.3 is 20.7 Å². The predicted octanol–water partition coefficient (Wildman–Crippen LogP) is 4.96. The van der Waals surface area contributed by atoms with Gasteiger partial charge in [0.25, 0.3) is 0 Å². The van der Waals surface area contributed by atoms with Gasteiger partial charge in [-0.25, -0.2) is 4.98 Å². The molecule has 5 rings (SSSR count). The summed E-state index contributed by atoms with van der Waals surface area (Å²) in [5.41, 5.74) is 11.2. The number of benzene rings is 1. The first-order valence-corrected chi connectivity index (χ1v) is 11.7. The van der Waals surface area contributed by atoms with Crippen LogP contribution < -0.4 is 16.0 Å². The number of nitrogens with two attached hydrogens (primary N) is 1. The summed E-state index contributed by atoms with van der Waals surface area (Å²) in [7, 11) is 0. The molecular weight excluding hydrogens is 433 g/mol. The lowest BCUT2D eigenvalue weighted by Crippen LogP contribution is -2.36. The fraction of sp³-hybridized carbons (Fsp3) is 0.435. The van der Waals surface area contributed by atoms with Crippen molar-refractivity contribution in [1.29, 1.82) is 0 Å². The molecule has 1 saturated carbocycles. The van der Waals surface area contributed by atoms with E-state index < -0.39 is 0 Å². The zero-order chi connectivity index (χ0) is 21.4. The Labute approximate surface area is 192 Å². The average molecular weight is 460 g/mol. The zero-order valence-corrected chi connectivity index (χ0v) is 18.9. The number of anilines is 2. The molecule has 2 aliphatic rings. The molecule has 31 heavy (non-hydrogen) atoms. The number of ether oxygens (including phenoxy) is 1. The molecule has 3 heterocycles. The molecule has 1 aromatic carbocycles. The predicted molar refractivity (Wildman–Crippen MR) is 127 cm³/mol. The normalized spacial score (nSPS) is 17.6. The highest BCUT2D eigenvalue weighted by Gasteiger charge is 2.24. The fourth-order valence-corrected chi connectivity index (χ4v) is 5.26. The molecule has 0 atom stereocenters. The third-order valence-electron chi connectivity index (χ3n) is 6.35. The van der Waals surface area contributed by atoms with Crippen molar-refractivity contribution in [2.45, 2.75) is 38.3 Å². The van der Waals surface area contributed by atoms with Crippen molar-refractivity contribution < 1.29 is 4.74 Å². The maximum absolute atomic E-state index is 6.63. The van der Waals surface area contributed by atoms with Crippen LogP contribution in [0.5, 0.6) is 0 Å². The van der Waals surface area contributed by atoms with Crippen molar-refractivity contribution in [1.82, 2.24) is 9.38 Å². The highest BCUT2D eigenvalue weighted by molar-refractivity contribution is 6.36. The number of fused-ring (bicyclic) bond motifs is 1. The highest BCUT2D eigenvalue weighted by Crippen LogP contribution is 2.39. The van der Waals surface area contributed by atoms with Gasteiger partial charge in [-0.2, -0.15) is 0 Å². The van der Waals surface area contributed by atoms with Crippen molar-refractivity contribution >= 4 is 40.4 Å². The standard InChI is InChI=1S/C23H27Cl2N5O/c24-15-5-6-17(20(25)11-15)19-14-30-21(29-7-9-31-10-8-29)13-27-23(30)22(18(19)12-26)28-16-3-1-2-4-16/h5-6,11,13-14,16,28H,1-4,7-10,12,26H2. The number of nitrogens with zero attached hydrogens (tertiary/aromatic N) is 3. The SMILES string of the molecule is NCc1c(-c2ccc(Cl)cc2Cl)cn2c(N3CCOCC3)cnc2c1NC1CCCC1. The third-order valence-corrected chi connectivity index (χ3v) is 6.90. The highest BCUT2D eigenvalue weighted by atomic mass is 35.5. The Hall–Kier alpha value is -1.99. The monoisotopic (exact) mass is 459 g/mol. The minimum absolute atomic E-state index is 0.388. The maximum atomic E-state index is 6.63. The number of halogens is 2. The Bertz CT molecular complexity index is 1090. The van der Waals surface area contributed by atoms with E-state index in [0.717, 1.165) is 60.1 Å². The van der Waals surface area contributed by atoms with Crippen LogP contribution in [0.3, 0.4) is 0 Å². The van der Waals surface area contributed by atoms with Crippen LogP contribution in [0.2, 0.25) is 10.0 Å². The second kappa shape index (κ2) is 8.87. The molecule has 3 aromatic rings. The Kier molecular flexibility index (Phi) is 5.97. The van der Waals surface area contributed by atoms with Crippen LogP contribution in [0.25, 0.3) is 16.8 Å². The molecule has 1 aliphatic carbocycles. The van der Waals surface area contributed by atoms with E-state index in [4.69, 9.17) is 38.7 Å². The van der Waals surface area contributed by atoms with Crippen LogP contribution in [0.15, 0.2) is 30.6 Å². The largest absolute Gasteiger partial charge is 0.379 e. The molecular formula is C23H27Cl2N5O. The van der Waals surface area contributed by atoms with Crippen molar-refractivity contribution in [2.75, 3.05) is 36.5 Å². The van der Waals surface area contributed by atoms with Crippen LogP contribution in [-0.4, -0.2) is 41.7 Å². The van der Waals surface area contributed by atoms with Gasteiger partial charge in [0.2, 0.25) is 0 Å². The maximum Gasteiger partial charge on any atom is 0.162 e. The van der Waals surface area contributed by atoms with Gasteiger partial charge in [-0.05, 0) is 25.0 Å². The van der Waals surface area contributed by atoms with Gasteiger partial charge in [-0.3, -0.25) is 4.40 Å². The summed E-state index contributed by atoms with van der Waals surface area (Å²) in [6, 6.07) is 6.06. The van der Waals surface area contributed by atoms with E-state index in [2.05, 4.69) is 20.8 Å². The second-order valence-corrected chi connectivity index (χ2v) is 9.10. The molecule has 164 valence electrons. The van der Waals surface area contributed by atoms with Gasteiger partial charge in [0.05, 0.1) is 25.1 Å². The number of pyridine rings is 1. The number of nitrogens with one attached hydrogen (secondary N) is 1. The van der Waals surface area contributed by atoms with E-state index in [1.165, 1.54) is 25.7 Å². The van der Waals surface area contributed by atoms with Crippen LogP contribution in [-0.2, 0) is 11.3 Å². The van der Waals surface area contributed by atoms with E-state index in [9.17, 15) is 0 Å². The van der Waals surface area contributed by atoms with Gasteiger partial charge in [0.15, 0.2) is 5.65 Å². The van der Waals surface area contributed by atoms with Crippen molar-refractivity contribution in [2.24, 2.45) is 5.73 Å². The summed E-state index contributed by atoms with van der Waals surface area (Å²) in [6.07, 6.45) is 8.90. The number of rotatable bonds is 5. The van der Waals surface area contributed by atoms with Gasteiger partial charge >= 0.3 is 0 Å². The van der Waals surface area contributed by atoms with E-state index in [0.29, 0.717) is 22.6 Å². The van der Waals surface area contributed by atoms with Crippen LogP contribution in [0.1, 0.15) is 31.2 Å². The number of hydrogen-bond acceptors (Lipinski definition) is 5. The molecule has 0 radical (unpaired) electrons. The second-order valence-electron chi connectivity index (χ2n) is 8.26. The van der Waals surface area contributed by atoms with Gasteiger partial charge in [0.1, 0.15) is 5.82 Å². The quantitative estimate of drug-likeness (QED) is 0.564. The molecule has 0 bridgehead atoms. The molecule has 3 N–H and O–H groups in total. The number of morpholine rings is 1. The topological polar surface area (TPSA) is 67.8 Å². The zero-order valence-electron chi connectivity index (χ0n) is 17.4. The van der Waals surface area contributed by atoms with Crippen LogP contribution in [0.4, 0.5) is 11.5 Å². The molecule has 1 saturated heterocycles. The smallest absolute Gasteiger partial charge is 0.162 e. The molecule has 0 unspecified atom stereocenters. The molecule has 2 fully saturated rings. The first kappa shape index (κ1) is 20.9. The molecule has 6 nitrogen and oxygen atoms in total. The first-order chi connectivity index (χ1) is 15.2. The molecule has 0 spiro atoms. The number of hydrogen-bond donors (Lipinski definition) is 2. The van der Waals surface area contributed by atoms with E-state index in [1.807, 2.05) is 18.3 Å². The third kappa shape index (κ3) is 3.98. The Morgan fingerprint density at radius 1 is 1.13 bits per heavy atom. The summed E-state index contributed by atoms with van der Waals surface area (Å²) in [5.74, 6) is 1.06. The van der Waals surface area contributed by atoms with Crippen molar-refractivity contribution in [3.63, 3.8) is 0 Å².